The molecule has 3 aromatic carbocycles. The van der Waals surface area contributed by atoms with E-state index in [2.05, 4.69) is 15.3 Å². The fourth-order valence-electron chi connectivity index (χ4n) is 3.12. The maximum atomic E-state index is 12.8. The number of aromatic nitrogens is 2. The molecule has 4 aromatic rings. The topological polar surface area (TPSA) is 82.6 Å². The van der Waals surface area contributed by atoms with Gasteiger partial charge in [-0.05, 0) is 30.3 Å². The molecule has 1 N–H and O–H groups in total. The maximum Gasteiger partial charge on any atom is 0.255 e. The van der Waals surface area contributed by atoms with E-state index in [4.69, 9.17) is 14.2 Å². The van der Waals surface area contributed by atoms with Gasteiger partial charge in [-0.1, -0.05) is 12.1 Å². The van der Waals surface area contributed by atoms with Crippen LogP contribution in [0, 0.1) is 0 Å². The van der Waals surface area contributed by atoms with Crippen molar-refractivity contribution in [1.82, 2.24) is 9.97 Å². The molecule has 0 atom stereocenters. The molecule has 0 spiro atoms. The summed E-state index contributed by atoms with van der Waals surface area (Å²) in [5.74, 6) is 1.09. The Morgan fingerprint density at radius 1 is 0.759 bits per heavy atom. The van der Waals surface area contributed by atoms with Gasteiger partial charge in [0.25, 0.3) is 5.91 Å². The summed E-state index contributed by atoms with van der Waals surface area (Å²) in [4.78, 5) is 22.0. The molecule has 0 unspecified atom stereocenters. The molecule has 1 heterocycles. The molecule has 4 rings (SSSR count). The number of para-hydroxylation sites is 2. The van der Waals surface area contributed by atoms with Crippen LogP contribution in [0.25, 0.3) is 22.1 Å². The monoisotopic (exact) mass is 389 g/mol. The largest absolute Gasteiger partial charge is 0.493 e. The summed E-state index contributed by atoms with van der Waals surface area (Å²) >= 11 is 0. The highest BCUT2D eigenvalue weighted by Gasteiger charge is 2.15. The normalized spacial score (nSPS) is 10.7. The number of nitrogens with one attached hydrogen (secondary N) is 1. The van der Waals surface area contributed by atoms with Crippen LogP contribution in [0.5, 0.6) is 17.2 Å². The first kappa shape index (κ1) is 18.5. The van der Waals surface area contributed by atoms with Crippen molar-refractivity contribution in [3.05, 3.63) is 60.2 Å². The number of methoxy groups -OCH3 is 3. The SMILES string of the molecule is COc1cc(NC(=O)c2ccc3nc4ccccc4nc3c2)cc(OC)c1OC. The van der Waals surface area contributed by atoms with E-state index >= 15 is 0 Å². The molecule has 29 heavy (non-hydrogen) atoms. The van der Waals surface area contributed by atoms with Gasteiger partial charge >= 0.3 is 0 Å². The third-order valence-electron chi connectivity index (χ3n) is 4.52. The summed E-state index contributed by atoms with van der Waals surface area (Å²) in [5.41, 5.74) is 3.97. The summed E-state index contributed by atoms with van der Waals surface area (Å²) in [7, 11) is 4.57. The van der Waals surface area contributed by atoms with Crippen molar-refractivity contribution in [2.75, 3.05) is 26.6 Å². The summed E-state index contributed by atoms with van der Waals surface area (Å²) in [5, 5.41) is 2.86. The van der Waals surface area contributed by atoms with Gasteiger partial charge in [0.15, 0.2) is 11.5 Å². The highest BCUT2D eigenvalue weighted by atomic mass is 16.5. The van der Waals surface area contributed by atoms with Crippen LogP contribution in [0.1, 0.15) is 10.4 Å². The molecule has 0 aliphatic heterocycles. The lowest BCUT2D eigenvalue weighted by Gasteiger charge is -2.14. The van der Waals surface area contributed by atoms with Crippen LogP contribution < -0.4 is 19.5 Å². The summed E-state index contributed by atoms with van der Waals surface area (Å²) in [6.45, 7) is 0. The molecule has 0 aliphatic rings. The van der Waals surface area contributed by atoms with Crippen LogP contribution in [0.15, 0.2) is 54.6 Å². The Hall–Kier alpha value is -3.87. The van der Waals surface area contributed by atoms with Crippen LogP contribution in [0.4, 0.5) is 5.69 Å². The number of hydrogen-bond donors (Lipinski definition) is 1. The van der Waals surface area contributed by atoms with E-state index in [1.807, 2.05) is 24.3 Å². The number of rotatable bonds is 5. The first-order chi connectivity index (χ1) is 14.1. The molecule has 0 fully saturated rings. The number of hydrogen-bond acceptors (Lipinski definition) is 6. The average molecular weight is 389 g/mol. The minimum Gasteiger partial charge on any atom is -0.493 e. The summed E-state index contributed by atoms with van der Waals surface area (Å²) < 4.78 is 16.0. The van der Waals surface area contributed by atoms with Gasteiger partial charge in [0, 0.05) is 23.4 Å². The van der Waals surface area contributed by atoms with E-state index in [9.17, 15) is 4.79 Å². The van der Waals surface area contributed by atoms with Crippen LogP contribution in [0.2, 0.25) is 0 Å². The number of benzene rings is 3. The first-order valence-electron chi connectivity index (χ1n) is 8.91. The van der Waals surface area contributed by atoms with Crippen LogP contribution in [-0.4, -0.2) is 37.2 Å². The molecule has 0 radical (unpaired) electrons. The highest BCUT2D eigenvalue weighted by Crippen LogP contribution is 2.40. The van der Waals surface area contributed by atoms with Crippen molar-refractivity contribution in [2.45, 2.75) is 0 Å². The van der Waals surface area contributed by atoms with Gasteiger partial charge in [-0.15, -0.1) is 0 Å². The zero-order valence-electron chi connectivity index (χ0n) is 16.2. The zero-order valence-corrected chi connectivity index (χ0v) is 16.2. The minimum absolute atomic E-state index is 0.281. The van der Waals surface area contributed by atoms with Gasteiger partial charge in [0.05, 0.1) is 43.4 Å². The van der Waals surface area contributed by atoms with Crippen molar-refractivity contribution in [3.8, 4) is 17.2 Å². The number of carbonyl (C=O) groups excluding carboxylic acids is 1. The third-order valence-corrected chi connectivity index (χ3v) is 4.52. The van der Waals surface area contributed by atoms with Crippen molar-refractivity contribution >= 4 is 33.7 Å². The Balaban J connectivity index is 1.67. The van der Waals surface area contributed by atoms with E-state index in [1.54, 1.807) is 30.3 Å². The lowest BCUT2D eigenvalue weighted by molar-refractivity contribution is 0.102. The second-order valence-corrected chi connectivity index (χ2v) is 6.28. The van der Waals surface area contributed by atoms with E-state index < -0.39 is 0 Å². The van der Waals surface area contributed by atoms with E-state index in [1.165, 1.54) is 21.3 Å². The van der Waals surface area contributed by atoms with Crippen molar-refractivity contribution in [3.63, 3.8) is 0 Å². The Labute approximate surface area is 167 Å². The van der Waals surface area contributed by atoms with Crippen LogP contribution >= 0.6 is 0 Å². The number of nitrogens with zero attached hydrogens (tertiary/aromatic N) is 2. The zero-order chi connectivity index (χ0) is 20.4. The van der Waals surface area contributed by atoms with Gasteiger partial charge in [-0.2, -0.15) is 0 Å². The molecule has 1 amide bonds. The Morgan fingerprint density at radius 3 is 1.93 bits per heavy atom. The van der Waals surface area contributed by atoms with Gasteiger partial charge in [-0.25, -0.2) is 9.97 Å². The first-order valence-corrected chi connectivity index (χ1v) is 8.91. The predicted molar refractivity (Wildman–Crippen MR) is 111 cm³/mol. The van der Waals surface area contributed by atoms with Gasteiger partial charge in [0.2, 0.25) is 5.75 Å². The Kier molecular flexibility index (Phi) is 4.87. The Bertz CT molecular complexity index is 1200. The average Bonchev–Trinajstić information content (AvgIpc) is 2.76. The fraction of sp³-hybridized carbons (Fsp3) is 0.136. The summed E-state index contributed by atoms with van der Waals surface area (Å²) in [6.07, 6.45) is 0. The standard InChI is InChI=1S/C22H19N3O4/c1-27-19-11-14(12-20(28-2)21(19)29-3)23-22(26)13-8-9-17-18(10-13)25-16-7-5-4-6-15(16)24-17/h4-12H,1-3H3,(H,23,26). The van der Waals surface area contributed by atoms with Crippen molar-refractivity contribution < 1.29 is 19.0 Å². The van der Waals surface area contributed by atoms with Gasteiger partial charge < -0.3 is 19.5 Å². The number of anilines is 1. The van der Waals surface area contributed by atoms with Crippen molar-refractivity contribution in [1.29, 1.82) is 0 Å². The highest BCUT2D eigenvalue weighted by molar-refractivity contribution is 6.06. The minimum atomic E-state index is -0.281. The van der Waals surface area contributed by atoms with Crippen molar-refractivity contribution in [2.24, 2.45) is 0 Å². The maximum absolute atomic E-state index is 12.8. The molecule has 1 aromatic heterocycles. The predicted octanol–water partition coefficient (Wildman–Crippen LogP) is 4.06. The molecular formula is C22H19N3O4. The van der Waals surface area contributed by atoms with Gasteiger partial charge in [-0.3, -0.25) is 4.79 Å². The lowest BCUT2D eigenvalue weighted by Crippen LogP contribution is -2.12. The molecule has 0 aliphatic carbocycles. The molecule has 0 saturated heterocycles. The number of amides is 1. The fourth-order valence-corrected chi connectivity index (χ4v) is 3.12. The molecule has 7 nitrogen and oxygen atoms in total. The summed E-state index contributed by atoms with van der Waals surface area (Å²) in [6, 6.07) is 16.2. The van der Waals surface area contributed by atoms with Gasteiger partial charge in [0.1, 0.15) is 0 Å². The third kappa shape index (κ3) is 3.50. The van der Waals surface area contributed by atoms with Crippen LogP contribution in [-0.2, 0) is 0 Å². The van der Waals surface area contributed by atoms with E-state index in [0.717, 1.165) is 16.6 Å². The number of carbonyl (C=O) groups is 1. The number of ether oxygens (including phenoxy) is 3. The number of fused-ring (bicyclic) bond motifs is 2. The molecule has 146 valence electrons. The van der Waals surface area contributed by atoms with E-state index in [-0.39, 0.29) is 5.91 Å². The smallest absolute Gasteiger partial charge is 0.255 e. The second-order valence-electron chi connectivity index (χ2n) is 6.28. The second kappa shape index (κ2) is 7.63. The Morgan fingerprint density at radius 2 is 1.34 bits per heavy atom. The molecular weight excluding hydrogens is 370 g/mol. The molecule has 0 saturated carbocycles. The molecule has 7 heteroatoms. The molecule has 0 bridgehead atoms. The van der Waals surface area contributed by atoms with E-state index in [0.29, 0.717) is 34.0 Å². The van der Waals surface area contributed by atoms with Crippen LogP contribution in [0.3, 0.4) is 0 Å². The quantitative estimate of drug-likeness (QED) is 0.518. The lowest BCUT2D eigenvalue weighted by atomic mass is 10.1.